The molecule has 31 heavy (non-hydrogen) atoms. The van der Waals surface area contributed by atoms with Gasteiger partial charge in [-0.2, -0.15) is 0 Å². The first-order chi connectivity index (χ1) is 13.9. The summed E-state index contributed by atoms with van der Waals surface area (Å²) in [5.41, 5.74) is -0.525. The highest BCUT2D eigenvalue weighted by atomic mass is 32.2. The standard InChI is InChI=1S/C10H20O2.C7H14O2S.C6H12O2S/c1-8(11)7-10(5,6)12-9(2,3)4;1-6(2)9-4-5-10-7(3)8;1-5(2)8-4-9-6(3)7/h7H2,1-6H3;6H,4-5H2,1-3H3;5H,4H2,1-3H3. The molecule has 0 fully saturated rings. The summed E-state index contributed by atoms with van der Waals surface area (Å²) in [5.74, 6) is 1.42. The second kappa shape index (κ2) is 19.1. The molecule has 0 heterocycles. The Kier molecular flexibility index (Phi) is 21.7. The first-order valence-electron chi connectivity index (χ1n) is 10.6. The third-order valence-corrected chi connectivity index (χ3v) is 4.20. The minimum Gasteiger partial charge on any atom is -0.378 e. The van der Waals surface area contributed by atoms with Gasteiger partial charge in [0, 0.05) is 26.0 Å². The Balaban J connectivity index is -0.000000384. The van der Waals surface area contributed by atoms with Crippen LogP contribution in [0.2, 0.25) is 0 Å². The molecule has 0 aliphatic rings. The highest BCUT2D eigenvalue weighted by Gasteiger charge is 2.26. The maximum atomic E-state index is 10.9. The molecule has 0 aliphatic heterocycles. The number of rotatable bonds is 10. The normalized spacial score (nSPS) is 11.4. The first-order valence-corrected chi connectivity index (χ1v) is 12.5. The van der Waals surface area contributed by atoms with Gasteiger partial charge in [-0.25, -0.2) is 0 Å². The van der Waals surface area contributed by atoms with Gasteiger partial charge in [-0.3, -0.25) is 14.4 Å². The summed E-state index contributed by atoms with van der Waals surface area (Å²) < 4.78 is 16.0. The van der Waals surface area contributed by atoms with Gasteiger partial charge in [0.15, 0.2) is 10.2 Å². The third kappa shape index (κ3) is 40.5. The Bertz CT molecular complexity index is 497. The summed E-state index contributed by atoms with van der Waals surface area (Å²) in [6, 6.07) is 0. The minimum absolute atomic E-state index is 0.107. The molecule has 0 aliphatic carbocycles. The maximum absolute atomic E-state index is 10.9. The summed E-state index contributed by atoms with van der Waals surface area (Å²) in [6.07, 6.45) is 0.967. The molecule has 6 nitrogen and oxygen atoms in total. The fourth-order valence-electron chi connectivity index (χ4n) is 2.19. The van der Waals surface area contributed by atoms with Gasteiger partial charge in [0.05, 0.1) is 36.0 Å². The minimum atomic E-state index is -0.343. The van der Waals surface area contributed by atoms with Gasteiger partial charge in [0.1, 0.15) is 5.78 Å². The van der Waals surface area contributed by atoms with Gasteiger partial charge in [-0.15, -0.1) is 0 Å². The molecular weight excluding hydrogens is 436 g/mol. The molecule has 0 aromatic rings. The topological polar surface area (TPSA) is 78.9 Å². The molecule has 0 amide bonds. The fourth-order valence-corrected chi connectivity index (χ4v) is 3.16. The number of hydrogen-bond acceptors (Lipinski definition) is 8. The van der Waals surface area contributed by atoms with Crippen LogP contribution in [-0.4, -0.2) is 57.7 Å². The van der Waals surface area contributed by atoms with E-state index in [0.29, 0.717) is 19.0 Å². The van der Waals surface area contributed by atoms with E-state index in [4.69, 9.17) is 14.2 Å². The zero-order valence-electron chi connectivity index (χ0n) is 21.7. The molecule has 0 N–H and O–H groups in total. The Morgan fingerprint density at radius 1 is 0.774 bits per heavy atom. The molecule has 0 spiro atoms. The lowest BCUT2D eigenvalue weighted by atomic mass is 10.0. The van der Waals surface area contributed by atoms with Crippen LogP contribution in [0.25, 0.3) is 0 Å². The highest BCUT2D eigenvalue weighted by molar-refractivity contribution is 8.13. The predicted molar refractivity (Wildman–Crippen MR) is 134 cm³/mol. The highest BCUT2D eigenvalue weighted by Crippen LogP contribution is 2.22. The van der Waals surface area contributed by atoms with E-state index < -0.39 is 0 Å². The Morgan fingerprint density at radius 3 is 1.55 bits per heavy atom. The van der Waals surface area contributed by atoms with Crippen LogP contribution < -0.4 is 0 Å². The Hall–Kier alpha value is -0.410. The molecule has 0 rings (SSSR count). The average molecular weight is 483 g/mol. The van der Waals surface area contributed by atoms with Crippen molar-refractivity contribution in [2.45, 2.75) is 113 Å². The van der Waals surface area contributed by atoms with Crippen LogP contribution in [0.15, 0.2) is 0 Å². The van der Waals surface area contributed by atoms with Gasteiger partial charge >= 0.3 is 0 Å². The van der Waals surface area contributed by atoms with Crippen molar-refractivity contribution in [1.29, 1.82) is 0 Å². The maximum Gasteiger partial charge on any atom is 0.188 e. The molecular formula is C23H46O6S2. The van der Waals surface area contributed by atoms with Gasteiger partial charge in [-0.1, -0.05) is 23.5 Å². The van der Waals surface area contributed by atoms with Gasteiger partial charge < -0.3 is 14.2 Å². The van der Waals surface area contributed by atoms with Crippen molar-refractivity contribution in [3.8, 4) is 0 Å². The molecule has 0 aromatic carbocycles. The van der Waals surface area contributed by atoms with Crippen LogP contribution in [0.4, 0.5) is 0 Å². The van der Waals surface area contributed by atoms with Crippen LogP contribution in [0.1, 0.15) is 89.5 Å². The van der Waals surface area contributed by atoms with Crippen LogP contribution in [0.3, 0.4) is 0 Å². The van der Waals surface area contributed by atoms with E-state index in [2.05, 4.69) is 0 Å². The van der Waals surface area contributed by atoms with Gasteiger partial charge in [0.2, 0.25) is 0 Å². The number of carbonyl (C=O) groups is 3. The molecule has 0 bridgehead atoms. The molecule has 0 radical (unpaired) electrons. The van der Waals surface area contributed by atoms with Crippen LogP contribution >= 0.6 is 23.5 Å². The second-order valence-corrected chi connectivity index (χ2v) is 11.5. The van der Waals surface area contributed by atoms with Crippen molar-refractivity contribution in [1.82, 2.24) is 0 Å². The number of ketones is 1. The van der Waals surface area contributed by atoms with Gasteiger partial charge in [0.25, 0.3) is 0 Å². The summed E-state index contributed by atoms with van der Waals surface area (Å²) in [7, 11) is 0. The smallest absolute Gasteiger partial charge is 0.188 e. The molecule has 0 atom stereocenters. The van der Waals surface area contributed by atoms with E-state index in [1.165, 1.54) is 30.4 Å². The second-order valence-electron chi connectivity index (χ2n) is 9.08. The molecule has 0 saturated heterocycles. The van der Waals surface area contributed by atoms with Crippen molar-refractivity contribution >= 4 is 39.5 Å². The third-order valence-electron chi connectivity index (χ3n) is 2.76. The zero-order chi connectivity index (χ0) is 25.3. The molecule has 0 saturated carbocycles. The monoisotopic (exact) mass is 482 g/mol. The van der Waals surface area contributed by atoms with E-state index in [0.717, 1.165) is 5.75 Å². The number of thioether (sulfide) groups is 2. The van der Waals surface area contributed by atoms with Crippen LogP contribution in [0, 0.1) is 0 Å². The van der Waals surface area contributed by atoms with Crippen molar-refractivity contribution in [2.24, 2.45) is 0 Å². The molecule has 186 valence electrons. The summed E-state index contributed by atoms with van der Waals surface area (Å²) >= 11 is 2.51. The number of hydrogen-bond donors (Lipinski definition) is 0. The summed E-state index contributed by atoms with van der Waals surface area (Å²) in [4.78, 5) is 31.6. The van der Waals surface area contributed by atoms with Crippen molar-refractivity contribution in [3.63, 3.8) is 0 Å². The Labute approximate surface area is 199 Å². The van der Waals surface area contributed by atoms with E-state index in [1.54, 1.807) is 13.8 Å². The van der Waals surface area contributed by atoms with E-state index in [9.17, 15) is 14.4 Å². The zero-order valence-corrected chi connectivity index (χ0v) is 23.4. The average Bonchev–Trinajstić information content (AvgIpc) is 2.48. The predicted octanol–water partition coefficient (Wildman–Crippen LogP) is 5.90. The van der Waals surface area contributed by atoms with E-state index in [-0.39, 0.29) is 39.4 Å². The lowest BCUT2D eigenvalue weighted by Crippen LogP contribution is -2.36. The quantitative estimate of drug-likeness (QED) is 0.281. The number of Topliss-reactive ketones (excluding diaryl/α,β-unsaturated/α-hetero) is 1. The fraction of sp³-hybridized carbons (Fsp3) is 0.870. The number of carbonyl (C=O) groups excluding carboxylic acids is 3. The molecule has 0 unspecified atom stereocenters. The SMILES string of the molecule is CC(=O)CC(C)(C)OC(C)(C)C.CC(=O)SCCOC(C)C.CC(=O)SCOC(C)C. The lowest BCUT2D eigenvalue weighted by Gasteiger charge is -2.33. The summed E-state index contributed by atoms with van der Waals surface area (Å²) in [5, 5.41) is 0.267. The van der Waals surface area contributed by atoms with Crippen LogP contribution in [-0.2, 0) is 28.6 Å². The van der Waals surface area contributed by atoms with Gasteiger partial charge in [-0.05, 0) is 69.2 Å². The van der Waals surface area contributed by atoms with E-state index >= 15 is 0 Å². The van der Waals surface area contributed by atoms with Crippen LogP contribution in [0.5, 0.6) is 0 Å². The largest absolute Gasteiger partial charge is 0.378 e. The van der Waals surface area contributed by atoms with E-state index in [1.807, 2.05) is 62.3 Å². The van der Waals surface area contributed by atoms with Crippen molar-refractivity contribution in [3.05, 3.63) is 0 Å². The number of ether oxygens (including phenoxy) is 3. The lowest BCUT2D eigenvalue weighted by molar-refractivity contribution is -0.137. The summed E-state index contributed by atoms with van der Waals surface area (Å²) in [6.45, 7) is 23.1. The molecule has 0 aromatic heterocycles. The van der Waals surface area contributed by atoms with Crippen molar-refractivity contribution in [2.75, 3.05) is 18.3 Å². The van der Waals surface area contributed by atoms with Crippen molar-refractivity contribution < 1.29 is 28.6 Å². The Morgan fingerprint density at radius 2 is 1.23 bits per heavy atom. The molecule has 8 heteroatoms. The first kappa shape index (κ1) is 35.2.